The zero-order valence-electron chi connectivity index (χ0n) is 19.5. The summed E-state index contributed by atoms with van der Waals surface area (Å²) in [6.45, 7) is 2.40. The molecule has 0 radical (unpaired) electrons. The van der Waals surface area contributed by atoms with E-state index in [0.717, 1.165) is 6.07 Å². The number of rotatable bonds is 6. The molecule has 1 aliphatic rings. The van der Waals surface area contributed by atoms with E-state index in [0.29, 0.717) is 37.9 Å². The Labute approximate surface area is 216 Å². The second kappa shape index (κ2) is 9.82. The molecule has 37 heavy (non-hydrogen) atoms. The molecule has 4 rings (SSSR count). The average molecular weight is 555 g/mol. The van der Waals surface area contributed by atoms with Crippen LogP contribution >= 0.6 is 11.6 Å². The van der Waals surface area contributed by atoms with Crippen molar-refractivity contribution in [2.24, 2.45) is 5.41 Å². The van der Waals surface area contributed by atoms with Crippen molar-refractivity contribution in [3.05, 3.63) is 65.4 Å². The third-order valence-corrected chi connectivity index (χ3v) is 8.03. The van der Waals surface area contributed by atoms with Gasteiger partial charge in [-0.2, -0.15) is 13.2 Å². The highest BCUT2D eigenvalue weighted by Gasteiger charge is 2.37. The second-order valence-corrected chi connectivity index (χ2v) is 11.0. The van der Waals surface area contributed by atoms with Crippen molar-refractivity contribution in [1.29, 1.82) is 0 Å². The molecule has 0 atom stereocenters. The van der Waals surface area contributed by atoms with E-state index in [-0.39, 0.29) is 26.9 Å². The number of halogens is 4. The molecule has 0 bridgehead atoms. The Bertz CT molecular complexity index is 1440. The zero-order valence-corrected chi connectivity index (χ0v) is 21.0. The topological polar surface area (TPSA) is 112 Å². The van der Waals surface area contributed by atoms with Gasteiger partial charge in [0.25, 0.3) is 10.0 Å². The molecule has 0 amide bonds. The van der Waals surface area contributed by atoms with Crippen molar-refractivity contribution in [2.75, 3.05) is 22.7 Å². The molecule has 3 heterocycles. The molecule has 1 saturated heterocycles. The van der Waals surface area contributed by atoms with Gasteiger partial charge in [0.2, 0.25) is 0 Å². The van der Waals surface area contributed by atoms with Crippen LogP contribution in [-0.2, 0) is 21.0 Å². The second-order valence-electron chi connectivity index (χ2n) is 8.90. The van der Waals surface area contributed by atoms with E-state index in [1.807, 2.05) is 0 Å². The first kappa shape index (κ1) is 26.7. The number of nitrogens with one attached hydrogen (secondary N) is 1. The molecule has 0 saturated carbocycles. The largest absolute Gasteiger partial charge is 0.481 e. The van der Waals surface area contributed by atoms with Crippen molar-refractivity contribution in [3.8, 4) is 11.1 Å². The summed E-state index contributed by atoms with van der Waals surface area (Å²) in [6.07, 6.45) is -2.17. The number of sulfonamides is 1. The lowest BCUT2D eigenvalue weighted by molar-refractivity contribution is -0.149. The maximum absolute atomic E-state index is 13.6. The van der Waals surface area contributed by atoms with Gasteiger partial charge in [0.1, 0.15) is 11.6 Å². The molecule has 0 aliphatic carbocycles. The Morgan fingerprint density at radius 3 is 2.41 bits per heavy atom. The fourth-order valence-corrected chi connectivity index (χ4v) is 5.26. The summed E-state index contributed by atoms with van der Waals surface area (Å²) in [6, 6.07) is 9.47. The number of piperidine rings is 1. The quantitative estimate of drug-likeness (QED) is 0.425. The van der Waals surface area contributed by atoms with Gasteiger partial charge in [-0.05, 0) is 38.0 Å². The summed E-state index contributed by atoms with van der Waals surface area (Å²) in [5.41, 5.74) is -2.18. The molecule has 1 aliphatic heterocycles. The van der Waals surface area contributed by atoms with Crippen molar-refractivity contribution in [3.63, 3.8) is 0 Å². The summed E-state index contributed by atoms with van der Waals surface area (Å²) in [5, 5.41) is 9.48. The van der Waals surface area contributed by atoms with Crippen LogP contribution in [-0.4, -0.2) is 42.6 Å². The van der Waals surface area contributed by atoms with Crippen LogP contribution in [0.5, 0.6) is 0 Å². The highest BCUT2D eigenvalue weighted by Crippen LogP contribution is 2.40. The number of carboxylic acids is 1. The number of carboxylic acid groups (broad SMARTS) is 1. The minimum Gasteiger partial charge on any atom is -0.481 e. The number of aromatic nitrogens is 2. The highest BCUT2D eigenvalue weighted by atomic mass is 35.5. The first-order valence-corrected chi connectivity index (χ1v) is 13.0. The van der Waals surface area contributed by atoms with Crippen molar-refractivity contribution < 1.29 is 31.5 Å². The first-order chi connectivity index (χ1) is 17.3. The third-order valence-electron chi connectivity index (χ3n) is 6.35. The molecule has 0 spiro atoms. The lowest BCUT2D eigenvalue weighted by atomic mass is 9.80. The average Bonchev–Trinajstić information content (AvgIpc) is 2.84. The van der Waals surface area contributed by atoms with Crippen LogP contribution in [0.4, 0.5) is 24.8 Å². The van der Waals surface area contributed by atoms with Crippen molar-refractivity contribution in [2.45, 2.75) is 30.8 Å². The first-order valence-electron chi connectivity index (χ1n) is 11.1. The van der Waals surface area contributed by atoms with Gasteiger partial charge in [0, 0.05) is 47.7 Å². The molecular weight excluding hydrogens is 533 g/mol. The van der Waals surface area contributed by atoms with Crippen LogP contribution in [0, 0.1) is 5.41 Å². The van der Waals surface area contributed by atoms with Gasteiger partial charge < -0.3 is 10.0 Å². The van der Waals surface area contributed by atoms with E-state index in [9.17, 15) is 31.5 Å². The van der Waals surface area contributed by atoms with Gasteiger partial charge in [-0.15, -0.1) is 0 Å². The zero-order chi connectivity index (χ0) is 27.0. The molecule has 2 N–H and O–H groups in total. The molecule has 1 fully saturated rings. The number of alkyl halides is 3. The number of aliphatic carboxylic acids is 1. The van der Waals surface area contributed by atoms with E-state index >= 15 is 0 Å². The number of pyridine rings is 2. The molecule has 1 aromatic carbocycles. The van der Waals surface area contributed by atoms with Crippen LogP contribution in [0.3, 0.4) is 0 Å². The fourth-order valence-electron chi connectivity index (χ4n) is 4.02. The molecular formula is C24H22ClF3N4O4S. The maximum atomic E-state index is 13.6. The predicted molar refractivity (Wildman–Crippen MR) is 132 cm³/mol. The summed E-state index contributed by atoms with van der Waals surface area (Å²) in [4.78, 5) is 21.0. The third kappa shape index (κ3) is 5.64. The van der Waals surface area contributed by atoms with E-state index in [1.54, 1.807) is 17.9 Å². The lowest BCUT2D eigenvalue weighted by Crippen LogP contribution is -2.43. The van der Waals surface area contributed by atoms with Crippen LogP contribution < -0.4 is 9.62 Å². The van der Waals surface area contributed by atoms with Gasteiger partial charge in [0.15, 0.2) is 0 Å². The molecule has 0 unspecified atom stereocenters. The maximum Gasteiger partial charge on any atom is 0.418 e. The van der Waals surface area contributed by atoms with Crippen LogP contribution in [0.2, 0.25) is 5.02 Å². The van der Waals surface area contributed by atoms with E-state index < -0.39 is 33.1 Å². The predicted octanol–water partition coefficient (Wildman–Crippen LogP) is 5.31. The molecule has 8 nitrogen and oxygen atoms in total. The minimum atomic E-state index is -4.75. The lowest BCUT2D eigenvalue weighted by Gasteiger charge is -2.37. The van der Waals surface area contributed by atoms with E-state index in [2.05, 4.69) is 14.7 Å². The number of hydrogen-bond acceptors (Lipinski definition) is 6. The van der Waals surface area contributed by atoms with Gasteiger partial charge in [0.05, 0.1) is 15.9 Å². The van der Waals surface area contributed by atoms with Crippen LogP contribution in [0.15, 0.2) is 59.8 Å². The summed E-state index contributed by atoms with van der Waals surface area (Å²) >= 11 is 6.12. The Kier molecular flexibility index (Phi) is 7.08. The van der Waals surface area contributed by atoms with Crippen molar-refractivity contribution >= 4 is 39.2 Å². The Morgan fingerprint density at radius 2 is 1.78 bits per heavy atom. The number of nitrogens with zero attached hydrogens (tertiary/aromatic N) is 3. The monoisotopic (exact) mass is 554 g/mol. The van der Waals surface area contributed by atoms with E-state index in [4.69, 9.17) is 11.6 Å². The van der Waals surface area contributed by atoms with Gasteiger partial charge >= 0.3 is 12.1 Å². The Balaban J connectivity index is 1.62. The molecule has 3 aromatic rings. The van der Waals surface area contributed by atoms with Crippen LogP contribution in [0.1, 0.15) is 25.3 Å². The number of hydrogen-bond donors (Lipinski definition) is 2. The fraction of sp³-hybridized carbons (Fsp3) is 0.292. The molecule has 196 valence electrons. The standard InChI is InChI=1S/C24H22ClF3N4O4S/c1-23(22(33)34)7-10-32(11-8-23)21-12-15(6-9-29-21)37(35,36)31-20-13-17(16-4-2-3-5-19(16)25)18(14-30-20)24(26,27)28/h2-6,9,12-14H,7-8,10-11H2,1H3,(H,30,31)(H,33,34). The number of carbonyl (C=O) groups is 1. The summed E-state index contributed by atoms with van der Waals surface area (Å²) in [7, 11) is -4.26. The van der Waals surface area contributed by atoms with Gasteiger partial charge in [-0.3, -0.25) is 9.52 Å². The minimum absolute atomic E-state index is 0.0623. The summed E-state index contributed by atoms with van der Waals surface area (Å²) in [5.74, 6) is -0.871. The molecule has 13 heteroatoms. The highest BCUT2D eigenvalue weighted by molar-refractivity contribution is 7.92. The summed E-state index contributed by atoms with van der Waals surface area (Å²) < 4.78 is 69.4. The van der Waals surface area contributed by atoms with Gasteiger partial charge in [-0.1, -0.05) is 29.8 Å². The SMILES string of the molecule is CC1(C(=O)O)CCN(c2cc(S(=O)(=O)Nc3cc(-c4ccccc4Cl)c(C(F)(F)F)cn3)ccn2)CC1. The number of anilines is 2. The normalized spacial score (nSPS) is 15.9. The number of benzene rings is 1. The Hall–Kier alpha value is -3.38. The smallest absolute Gasteiger partial charge is 0.418 e. The molecule has 2 aromatic heterocycles. The Morgan fingerprint density at radius 1 is 1.11 bits per heavy atom. The van der Waals surface area contributed by atoms with Crippen molar-refractivity contribution in [1.82, 2.24) is 9.97 Å². The van der Waals surface area contributed by atoms with E-state index in [1.165, 1.54) is 36.5 Å². The van der Waals surface area contributed by atoms with Crippen LogP contribution in [0.25, 0.3) is 11.1 Å². The van der Waals surface area contributed by atoms with Gasteiger partial charge in [-0.25, -0.2) is 18.4 Å².